The van der Waals surface area contributed by atoms with Crippen LogP contribution in [-0.4, -0.2) is 29.0 Å². The average molecular weight is 378 g/mol. The predicted molar refractivity (Wildman–Crippen MR) is 111 cm³/mol. The highest BCUT2D eigenvalue weighted by Gasteiger charge is 2.33. The first-order chi connectivity index (χ1) is 12.8. The Morgan fingerprint density at radius 1 is 1.22 bits per heavy atom. The van der Waals surface area contributed by atoms with Crippen LogP contribution < -0.4 is 10.5 Å². The molecule has 1 unspecified atom stereocenters. The van der Waals surface area contributed by atoms with Gasteiger partial charge in [0.05, 0.1) is 13.2 Å². The van der Waals surface area contributed by atoms with Crippen LogP contribution in [0, 0.1) is 17.8 Å². The third-order valence-electron chi connectivity index (χ3n) is 5.67. The maximum absolute atomic E-state index is 10.3. The maximum atomic E-state index is 10.3. The number of phenols is 1. The average Bonchev–Trinajstić information content (AvgIpc) is 3.42. The Labute approximate surface area is 165 Å². The number of aliphatic hydroxyl groups is 1. The summed E-state index contributed by atoms with van der Waals surface area (Å²) in [5.41, 5.74) is 6.68. The summed E-state index contributed by atoms with van der Waals surface area (Å²) in [7, 11) is 0. The number of aryl methyl sites for hydroxylation is 1. The minimum Gasteiger partial charge on any atom is -0.508 e. The van der Waals surface area contributed by atoms with E-state index in [-0.39, 0.29) is 12.4 Å². The summed E-state index contributed by atoms with van der Waals surface area (Å²) in [5, 5.41) is 20.0. The van der Waals surface area contributed by atoms with Crippen molar-refractivity contribution in [2.24, 2.45) is 23.5 Å². The number of rotatable bonds is 13. The van der Waals surface area contributed by atoms with Crippen LogP contribution in [0.3, 0.4) is 0 Å². The third kappa shape index (κ3) is 8.10. The van der Waals surface area contributed by atoms with Gasteiger partial charge >= 0.3 is 0 Å². The van der Waals surface area contributed by atoms with Gasteiger partial charge in [0, 0.05) is 11.6 Å². The Hall–Kier alpha value is -1.26. The SMILES string of the molecule is CC(C)CCCC(C)COc1ccc(CC[C@@](N)(CO)CC2CC2)c(O)c1. The van der Waals surface area contributed by atoms with Gasteiger partial charge in [-0.25, -0.2) is 0 Å². The number of benzene rings is 1. The number of ether oxygens (including phenoxy) is 1. The monoisotopic (exact) mass is 377 g/mol. The van der Waals surface area contributed by atoms with Crippen molar-refractivity contribution in [1.29, 1.82) is 0 Å². The maximum Gasteiger partial charge on any atom is 0.123 e. The minimum absolute atomic E-state index is 0.000153. The van der Waals surface area contributed by atoms with Gasteiger partial charge in [0.1, 0.15) is 11.5 Å². The lowest BCUT2D eigenvalue weighted by Crippen LogP contribution is -2.44. The quantitative estimate of drug-likeness (QED) is 0.467. The lowest BCUT2D eigenvalue weighted by molar-refractivity contribution is 0.172. The molecule has 1 saturated carbocycles. The van der Waals surface area contributed by atoms with E-state index < -0.39 is 5.54 Å². The summed E-state index contributed by atoms with van der Waals surface area (Å²) in [6.07, 6.45) is 8.35. The number of hydrogen-bond acceptors (Lipinski definition) is 4. The molecule has 1 aromatic carbocycles. The van der Waals surface area contributed by atoms with Crippen molar-refractivity contribution >= 4 is 0 Å². The first-order valence-corrected chi connectivity index (χ1v) is 10.7. The molecule has 2 atom stereocenters. The molecule has 0 bridgehead atoms. The predicted octanol–water partition coefficient (Wildman–Crippen LogP) is 4.66. The van der Waals surface area contributed by atoms with Gasteiger partial charge in [-0.3, -0.25) is 0 Å². The summed E-state index contributed by atoms with van der Waals surface area (Å²) in [6, 6.07) is 5.55. The van der Waals surface area contributed by atoms with Crippen LogP contribution in [0.1, 0.15) is 71.3 Å². The molecule has 2 rings (SSSR count). The Balaban J connectivity index is 1.78. The Kier molecular flexibility index (Phi) is 8.43. The fourth-order valence-corrected chi connectivity index (χ4v) is 3.57. The third-order valence-corrected chi connectivity index (χ3v) is 5.67. The molecule has 0 aromatic heterocycles. The van der Waals surface area contributed by atoms with Crippen LogP contribution in [-0.2, 0) is 6.42 Å². The molecule has 4 nitrogen and oxygen atoms in total. The van der Waals surface area contributed by atoms with E-state index in [2.05, 4.69) is 20.8 Å². The molecule has 0 radical (unpaired) electrons. The van der Waals surface area contributed by atoms with Crippen molar-refractivity contribution in [3.05, 3.63) is 23.8 Å². The van der Waals surface area contributed by atoms with Crippen LogP contribution in [0.5, 0.6) is 11.5 Å². The second-order valence-corrected chi connectivity index (χ2v) is 9.20. The van der Waals surface area contributed by atoms with Gasteiger partial charge < -0.3 is 20.7 Å². The van der Waals surface area contributed by atoms with Crippen molar-refractivity contribution < 1.29 is 14.9 Å². The van der Waals surface area contributed by atoms with Crippen molar-refractivity contribution in [3.8, 4) is 11.5 Å². The molecule has 27 heavy (non-hydrogen) atoms. The Bertz CT molecular complexity index is 571. The normalized spacial score (nSPS) is 17.7. The zero-order valence-corrected chi connectivity index (χ0v) is 17.4. The first-order valence-electron chi connectivity index (χ1n) is 10.7. The van der Waals surface area contributed by atoms with Gasteiger partial charge in [-0.15, -0.1) is 0 Å². The molecule has 154 valence electrons. The first kappa shape index (κ1) is 22.0. The van der Waals surface area contributed by atoms with Crippen LogP contribution in [0.25, 0.3) is 0 Å². The highest BCUT2D eigenvalue weighted by molar-refractivity contribution is 5.39. The van der Waals surface area contributed by atoms with E-state index in [4.69, 9.17) is 10.5 Å². The molecule has 0 spiro atoms. The van der Waals surface area contributed by atoms with E-state index in [0.717, 1.165) is 17.9 Å². The zero-order valence-electron chi connectivity index (χ0n) is 17.4. The molecule has 4 N–H and O–H groups in total. The van der Waals surface area contributed by atoms with Gasteiger partial charge in [0.2, 0.25) is 0 Å². The van der Waals surface area contributed by atoms with Gasteiger partial charge in [0.15, 0.2) is 0 Å². The molecule has 0 saturated heterocycles. The standard InChI is InChI=1S/C23H39NO3/c1-17(2)5-4-6-18(3)15-27-21-10-9-20(22(26)13-21)11-12-23(24,16-25)14-19-7-8-19/h9-10,13,17-19,25-26H,4-8,11-12,14-16,24H2,1-3H3/t18?,23-/m0/s1. The fraction of sp³-hybridized carbons (Fsp3) is 0.739. The number of hydrogen-bond donors (Lipinski definition) is 3. The van der Waals surface area contributed by atoms with E-state index in [9.17, 15) is 10.2 Å². The van der Waals surface area contributed by atoms with Gasteiger partial charge in [0.25, 0.3) is 0 Å². The number of nitrogens with two attached hydrogens (primary N) is 1. The lowest BCUT2D eigenvalue weighted by atomic mass is 9.87. The summed E-state index contributed by atoms with van der Waals surface area (Å²) < 4.78 is 5.86. The summed E-state index contributed by atoms with van der Waals surface area (Å²) in [6.45, 7) is 7.40. The van der Waals surface area contributed by atoms with E-state index in [1.54, 1.807) is 6.07 Å². The van der Waals surface area contributed by atoms with Crippen molar-refractivity contribution in [2.75, 3.05) is 13.2 Å². The molecule has 1 fully saturated rings. The largest absolute Gasteiger partial charge is 0.508 e. The summed E-state index contributed by atoms with van der Waals surface area (Å²) >= 11 is 0. The van der Waals surface area contributed by atoms with Gasteiger partial charge in [-0.05, 0) is 55.1 Å². The van der Waals surface area contributed by atoms with Crippen LogP contribution >= 0.6 is 0 Å². The summed E-state index contributed by atoms with van der Waals surface area (Å²) in [5.74, 6) is 2.91. The van der Waals surface area contributed by atoms with Crippen LogP contribution in [0.2, 0.25) is 0 Å². The van der Waals surface area contributed by atoms with E-state index in [1.165, 1.54) is 32.1 Å². The van der Waals surface area contributed by atoms with Crippen LogP contribution in [0.15, 0.2) is 18.2 Å². The molecule has 1 aliphatic rings. The molecule has 0 amide bonds. The second-order valence-electron chi connectivity index (χ2n) is 9.20. The zero-order chi connectivity index (χ0) is 19.9. The Morgan fingerprint density at radius 2 is 1.96 bits per heavy atom. The molecule has 1 aromatic rings. The summed E-state index contributed by atoms with van der Waals surface area (Å²) in [4.78, 5) is 0. The molecular weight excluding hydrogens is 338 g/mol. The molecule has 4 heteroatoms. The molecule has 0 aliphatic heterocycles. The highest BCUT2D eigenvalue weighted by Crippen LogP contribution is 2.37. The van der Waals surface area contributed by atoms with Crippen molar-refractivity contribution in [3.63, 3.8) is 0 Å². The van der Waals surface area contributed by atoms with Crippen molar-refractivity contribution in [1.82, 2.24) is 0 Å². The van der Waals surface area contributed by atoms with E-state index in [1.807, 2.05) is 12.1 Å². The number of aromatic hydroxyl groups is 1. The van der Waals surface area contributed by atoms with Crippen LogP contribution in [0.4, 0.5) is 0 Å². The lowest BCUT2D eigenvalue weighted by Gasteiger charge is -2.27. The fourth-order valence-electron chi connectivity index (χ4n) is 3.57. The topological polar surface area (TPSA) is 75.7 Å². The number of aliphatic hydroxyl groups excluding tert-OH is 1. The van der Waals surface area contributed by atoms with E-state index >= 15 is 0 Å². The van der Waals surface area contributed by atoms with E-state index in [0.29, 0.717) is 37.0 Å². The number of phenolic OH excluding ortho intramolecular Hbond substituents is 1. The molecular formula is C23H39NO3. The minimum atomic E-state index is -0.534. The van der Waals surface area contributed by atoms with Gasteiger partial charge in [-0.2, -0.15) is 0 Å². The molecule has 0 heterocycles. The molecule has 1 aliphatic carbocycles. The highest BCUT2D eigenvalue weighted by atomic mass is 16.5. The second kappa shape index (κ2) is 10.3. The van der Waals surface area contributed by atoms with Gasteiger partial charge in [-0.1, -0.05) is 52.5 Å². The van der Waals surface area contributed by atoms with Crippen molar-refractivity contribution in [2.45, 2.75) is 77.7 Å². The Morgan fingerprint density at radius 3 is 2.56 bits per heavy atom. The smallest absolute Gasteiger partial charge is 0.123 e.